The normalized spacial score (nSPS) is 16.6. The molecule has 1 fully saturated rings. The van der Waals surface area contributed by atoms with Crippen molar-refractivity contribution in [3.05, 3.63) is 33.7 Å². The van der Waals surface area contributed by atoms with Gasteiger partial charge in [-0.15, -0.1) is 10.2 Å². The molecule has 13 heteroatoms. The molecule has 0 aliphatic heterocycles. The number of benzene rings is 1. The second-order valence-corrected chi connectivity index (χ2v) is 9.52. The minimum Gasteiger partial charge on any atom is -0.295 e. The standard InChI is InChI=1S/C15H14F3N5O3S2/c1-14(5-6-14)21-28(25,26)8-3-4-9-10(7-8)23(13(24)22(9)2)12-20-19-11(27-12)15(16,17)18/h3-4,7,21H,5-6H2,1-2H3. The largest absolute Gasteiger partial charge is 0.445 e. The van der Waals surface area contributed by atoms with Gasteiger partial charge >= 0.3 is 11.9 Å². The molecule has 1 aliphatic carbocycles. The zero-order valence-corrected chi connectivity index (χ0v) is 16.2. The van der Waals surface area contributed by atoms with E-state index in [0.29, 0.717) is 5.52 Å². The first-order valence-electron chi connectivity index (χ1n) is 8.08. The fourth-order valence-electron chi connectivity index (χ4n) is 2.77. The summed E-state index contributed by atoms with van der Waals surface area (Å²) >= 11 is 0.206. The van der Waals surface area contributed by atoms with Crippen molar-refractivity contribution in [3.8, 4) is 5.13 Å². The molecule has 0 atom stereocenters. The maximum atomic E-state index is 12.8. The van der Waals surface area contributed by atoms with E-state index in [2.05, 4.69) is 14.9 Å². The second-order valence-electron chi connectivity index (χ2n) is 6.88. The lowest BCUT2D eigenvalue weighted by molar-refractivity contribution is -0.138. The van der Waals surface area contributed by atoms with E-state index in [4.69, 9.17) is 0 Å². The molecular formula is C15H14F3N5O3S2. The van der Waals surface area contributed by atoms with Gasteiger partial charge < -0.3 is 0 Å². The predicted octanol–water partition coefficient (Wildman–Crippen LogP) is 2.03. The Morgan fingerprint density at radius 2 is 1.89 bits per heavy atom. The van der Waals surface area contributed by atoms with E-state index in [-0.39, 0.29) is 26.9 Å². The number of nitrogens with one attached hydrogen (secondary N) is 1. The smallest absolute Gasteiger partial charge is 0.295 e. The molecular weight excluding hydrogens is 419 g/mol. The van der Waals surface area contributed by atoms with Crippen molar-refractivity contribution in [2.24, 2.45) is 7.05 Å². The summed E-state index contributed by atoms with van der Waals surface area (Å²) in [4.78, 5) is 12.5. The first kappa shape index (κ1) is 19.1. The summed E-state index contributed by atoms with van der Waals surface area (Å²) in [7, 11) is -2.42. The van der Waals surface area contributed by atoms with Crippen LogP contribution in [0.15, 0.2) is 27.9 Å². The highest BCUT2D eigenvalue weighted by atomic mass is 32.2. The van der Waals surface area contributed by atoms with Crippen molar-refractivity contribution < 1.29 is 21.6 Å². The molecule has 2 heterocycles. The average molecular weight is 433 g/mol. The van der Waals surface area contributed by atoms with Crippen LogP contribution < -0.4 is 10.4 Å². The Hall–Kier alpha value is -2.25. The number of halogens is 3. The van der Waals surface area contributed by atoms with Gasteiger partial charge in [-0.05, 0) is 38.0 Å². The van der Waals surface area contributed by atoms with Crippen LogP contribution in [0.3, 0.4) is 0 Å². The third-order valence-corrected chi connectivity index (χ3v) is 7.16. The summed E-state index contributed by atoms with van der Waals surface area (Å²) < 4.78 is 68.5. The average Bonchev–Trinajstić information content (AvgIpc) is 3.03. The van der Waals surface area contributed by atoms with E-state index >= 15 is 0 Å². The van der Waals surface area contributed by atoms with Crippen molar-refractivity contribution in [1.82, 2.24) is 24.1 Å². The molecule has 28 heavy (non-hydrogen) atoms. The SMILES string of the molecule is Cn1c(=O)n(-c2nnc(C(F)(F)F)s2)c2cc(S(=O)(=O)NC3(C)CC3)ccc21. The number of rotatable bonds is 4. The minimum atomic E-state index is -4.69. The molecule has 1 aliphatic rings. The van der Waals surface area contributed by atoms with E-state index < -0.39 is 32.4 Å². The number of fused-ring (bicyclic) bond motifs is 1. The number of sulfonamides is 1. The lowest BCUT2D eigenvalue weighted by atomic mass is 10.3. The molecule has 0 saturated heterocycles. The van der Waals surface area contributed by atoms with Crippen molar-refractivity contribution in [2.75, 3.05) is 0 Å². The third kappa shape index (κ3) is 3.12. The summed E-state index contributed by atoms with van der Waals surface area (Å²) in [6, 6.07) is 4.03. The maximum absolute atomic E-state index is 12.8. The summed E-state index contributed by atoms with van der Waals surface area (Å²) in [6.45, 7) is 1.78. The van der Waals surface area contributed by atoms with Gasteiger partial charge in [0.05, 0.1) is 15.9 Å². The number of hydrogen-bond acceptors (Lipinski definition) is 6. The zero-order chi connectivity index (χ0) is 20.5. The number of hydrogen-bond donors (Lipinski definition) is 1. The van der Waals surface area contributed by atoms with Crippen LogP contribution in [0, 0.1) is 0 Å². The molecule has 1 aromatic carbocycles. The molecule has 2 aromatic heterocycles. The molecule has 0 spiro atoms. The highest BCUT2D eigenvalue weighted by molar-refractivity contribution is 7.89. The molecule has 4 rings (SSSR count). The first-order valence-corrected chi connectivity index (χ1v) is 10.4. The monoisotopic (exact) mass is 433 g/mol. The minimum absolute atomic E-state index is 0.0898. The Bertz CT molecular complexity index is 1250. The Morgan fingerprint density at radius 1 is 1.21 bits per heavy atom. The number of nitrogens with zero attached hydrogens (tertiary/aromatic N) is 4. The summed E-state index contributed by atoms with van der Waals surface area (Å²) in [5.74, 6) is 0. The van der Waals surface area contributed by atoms with Crippen molar-refractivity contribution in [2.45, 2.75) is 36.4 Å². The fraction of sp³-hybridized carbons (Fsp3) is 0.400. The molecule has 8 nitrogen and oxygen atoms in total. The molecule has 0 unspecified atom stereocenters. The van der Waals surface area contributed by atoms with Crippen LogP contribution in [-0.4, -0.2) is 33.3 Å². The van der Waals surface area contributed by atoms with Gasteiger partial charge in [-0.3, -0.25) is 4.57 Å². The van der Waals surface area contributed by atoms with Crippen LogP contribution in [0.25, 0.3) is 16.2 Å². The van der Waals surface area contributed by atoms with E-state index in [9.17, 15) is 26.4 Å². The zero-order valence-electron chi connectivity index (χ0n) is 14.6. The molecule has 1 N–H and O–H groups in total. The van der Waals surface area contributed by atoms with Gasteiger partial charge in [0.2, 0.25) is 20.2 Å². The van der Waals surface area contributed by atoms with Crippen LogP contribution in [0.4, 0.5) is 13.2 Å². The molecule has 0 amide bonds. The van der Waals surface area contributed by atoms with Crippen LogP contribution in [-0.2, 0) is 23.2 Å². The number of aromatic nitrogens is 4. The van der Waals surface area contributed by atoms with E-state index in [0.717, 1.165) is 17.4 Å². The fourth-order valence-corrected chi connectivity index (χ4v) is 4.97. The topological polar surface area (TPSA) is 98.9 Å². The van der Waals surface area contributed by atoms with Crippen LogP contribution in [0.2, 0.25) is 0 Å². The Kier molecular flexibility index (Phi) is 4.00. The van der Waals surface area contributed by atoms with Gasteiger partial charge in [0.15, 0.2) is 0 Å². The summed E-state index contributed by atoms with van der Waals surface area (Å²) in [6.07, 6.45) is -3.26. The number of imidazole rings is 1. The lowest BCUT2D eigenvalue weighted by Crippen LogP contribution is -2.34. The third-order valence-electron chi connectivity index (χ3n) is 4.57. The molecule has 0 bridgehead atoms. The summed E-state index contributed by atoms with van der Waals surface area (Å²) in [5.41, 5.74) is -0.673. The second kappa shape index (κ2) is 5.87. The molecule has 3 aromatic rings. The predicted molar refractivity (Wildman–Crippen MR) is 94.9 cm³/mol. The first-order chi connectivity index (χ1) is 12.9. The molecule has 150 valence electrons. The summed E-state index contributed by atoms with van der Waals surface area (Å²) in [5, 5.41) is 5.08. The highest BCUT2D eigenvalue weighted by Gasteiger charge is 2.41. The highest BCUT2D eigenvalue weighted by Crippen LogP contribution is 2.36. The van der Waals surface area contributed by atoms with E-state index in [1.54, 1.807) is 6.92 Å². The van der Waals surface area contributed by atoms with Gasteiger partial charge in [0.1, 0.15) is 0 Å². The van der Waals surface area contributed by atoms with E-state index in [1.807, 2.05) is 0 Å². The lowest BCUT2D eigenvalue weighted by Gasteiger charge is -2.12. The molecule has 1 saturated carbocycles. The van der Waals surface area contributed by atoms with Crippen LogP contribution >= 0.6 is 11.3 Å². The van der Waals surface area contributed by atoms with Crippen LogP contribution in [0.5, 0.6) is 0 Å². The van der Waals surface area contributed by atoms with Gasteiger partial charge in [-0.1, -0.05) is 11.3 Å². The number of alkyl halides is 3. The quantitative estimate of drug-likeness (QED) is 0.679. The van der Waals surface area contributed by atoms with E-state index in [1.165, 1.54) is 29.8 Å². The Labute approximate surface area is 160 Å². The maximum Gasteiger partial charge on any atom is 0.445 e. The van der Waals surface area contributed by atoms with Gasteiger partial charge in [0.25, 0.3) is 0 Å². The molecule has 0 radical (unpaired) electrons. The van der Waals surface area contributed by atoms with Gasteiger partial charge in [-0.25, -0.2) is 22.5 Å². The van der Waals surface area contributed by atoms with Gasteiger partial charge in [0, 0.05) is 12.6 Å². The van der Waals surface area contributed by atoms with Crippen LogP contribution in [0.1, 0.15) is 24.8 Å². The van der Waals surface area contributed by atoms with Gasteiger partial charge in [-0.2, -0.15) is 13.2 Å². The van der Waals surface area contributed by atoms with Crippen molar-refractivity contribution in [3.63, 3.8) is 0 Å². The Morgan fingerprint density at radius 3 is 2.46 bits per heavy atom. The van der Waals surface area contributed by atoms with Crippen molar-refractivity contribution >= 4 is 32.4 Å². The number of aryl methyl sites for hydroxylation is 1. The van der Waals surface area contributed by atoms with Crippen molar-refractivity contribution in [1.29, 1.82) is 0 Å². The Balaban J connectivity index is 1.88.